The average Bonchev–Trinajstić information content (AvgIpc) is 2.36. The van der Waals surface area contributed by atoms with Crippen molar-refractivity contribution in [3.8, 4) is 0 Å². The van der Waals surface area contributed by atoms with Crippen LogP contribution in [0.5, 0.6) is 0 Å². The number of nitrogens with one attached hydrogen (secondary N) is 1. The Hall–Kier alpha value is -0.280. The molecule has 1 unspecified atom stereocenters. The Labute approximate surface area is 132 Å². The molecular weight excluding hydrogens is 291 g/mol. The molecule has 0 aromatic heterocycles. The fraction of sp³-hybridized carbons (Fsp3) is 0.625. The molecule has 2 nitrogen and oxygen atoms in total. The molecule has 0 saturated heterocycles. The molecule has 1 fully saturated rings. The average molecular weight is 315 g/mol. The van der Waals surface area contributed by atoms with E-state index in [9.17, 15) is 0 Å². The third-order valence-electron chi connectivity index (χ3n) is 4.28. The van der Waals surface area contributed by atoms with Gasteiger partial charge >= 0.3 is 0 Å². The van der Waals surface area contributed by atoms with E-state index in [1.165, 1.54) is 19.3 Å². The molecule has 1 aromatic carbocycles. The second-order valence-electron chi connectivity index (χ2n) is 5.61. The van der Waals surface area contributed by atoms with Gasteiger partial charge in [-0.2, -0.15) is 0 Å². The monoisotopic (exact) mass is 314 g/mol. The predicted molar refractivity (Wildman–Crippen MR) is 87.8 cm³/mol. The van der Waals surface area contributed by atoms with E-state index in [1.54, 1.807) is 0 Å². The Kier molecular flexibility index (Phi) is 6.16. The Bertz CT molecular complexity index is 432. The summed E-state index contributed by atoms with van der Waals surface area (Å²) in [5.74, 6) is 0. The lowest BCUT2D eigenvalue weighted by atomic mass is 9.91. The Balaban J connectivity index is 2.00. The number of hydrogen-bond donors (Lipinski definition) is 1. The van der Waals surface area contributed by atoms with E-state index in [1.807, 2.05) is 12.1 Å². The highest BCUT2D eigenvalue weighted by molar-refractivity contribution is 6.42. The zero-order valence-electron chi connectivity index (χ0n) is 12.3. The highest BCUT2D eigenvalue weighted by Crippen LogP contribution is 2.32. The highest BCUT2D eigenvalue weighted by Gasteiger charge is 2.23. The van der Waals surface area contributed by atoms with Gasteiger partial charge < -0.3 is 10.2 Å². The summed E-state index contributed by atoms with van der Waals surface area (Å²) >= 11 is 12.5. The van der Waals surface area contributed by atoms with Crippen LogP contribution in [0.2, 0.25) is 10.0 Å². The summed E-state index contributed by atoms with van der Waals surface area (Å²) in [7, 11) is 2.23. The van der Waals surface area contributed by atoms with Crippen molar-refractivity contribution in [1.29, 1.82) is 0 Å². The summed E-state index contributed by atoms with van der Waals surface area (Å²) in [6, 6.07) is 6.95. The van der Waals surface area contributed by atoms with Crippen LogP contribution in [0, 0.1) is 0 Å². The first kappa shape index (κ1) is 16.1. The summed E-state index contributed by atoms with van der Waals surface area (Å²) in [5.41, 5.74) is 1.11. The molecule has 0 amide bonds. The summed E-state index contributed by atoms with van der Waals surface area (Å²) in [6.45, 7) is 4.15. The number of hydrogen-bond acceptors (Lipinski definition) is 2. The summed E-state index contributed by atoms with van der Waals surface area (Å²) in [5, 5.41) is 4.85. The van der Waals surface area contributed by atoms with E-state index in [4.69, 9.17) is 23.2 Å². The van der Waals surface area contributed by atoms with Crippen LogP contribution in [-0.4, -0.2) is 31.1 Å². The topological polar surface area (TPSA) is 15.3 Å². The molecule has 20 heavy (non-hydrogen) atoms. The van der Waals surface area contributed by atoms with Gasteiger partial charge in [0.2, 0.25) is 0 Å². The molecular formula is C16H24Cl2N2. The van der Waals surface area contributed by atoms with E-state index in [0.717, 1.165) is 31.1 Å². The Morgan fingerprint density at radius 3 is 2.70 bits per heavy atom. The van der Waals surface area contributed by atoms with Crippen molar-refractivity contribution in [2.24, 2.45) is 0 Å². The molecule has 1 atom stereocenters. The third kappa shape index (κ3) is 3.88. The number of halogens is 2. The van der Waals surface area contributed by atoms with Gasteiger partial charge in [0.1, 0.15) is 0 Å². The molecule has 4 heteroatoms. The van der Waals surface area contributed by atoms with Crippen molar-refractivity contribution in [3.63, 3.8) is 0 Å². The molecule has 0 aliphatic heterocycles. The van der Waals surface area contributed by atoms with Crippen molar-refractivity contribution < 1.29 is 0 Å². The van der Waals surface area contributed by atoms with Crippen LogP contribution in [-0.2, 0) is 0 Å². The lowest BCUT2D eigenvalue weighted by molar-refractivity contribution is 0.153. The second-order valence-corrected chi connectivity index (χ2v) is 6.39. The van der Waals surface area contributed by atoms with Gasteiger partial charge in [-0.05, 0) is 51.0 Å². The number of nitrogens with zero attached hydrogens (tertiary/aromatic N) is 1. The van der Waals surface area contributed by atoms with Gasteiger partial charge in [-0.15, -0.1) is 0 Å². The van der Waals surface area contributed by atoms with Crippen LogP contribution < -0.4 is 5.32 Å². The zero-order chi connectivity index (χ0) is 14.5. The van der Waals surface area contributed by atoms with Gasteiger partial charge in [0.15, 0.2) is 0 Å². The smallest absolute Gasteiger partial charge is 0.0640 e. The zero-order valence-corrected chi connectivity index (χ0v) is 13.8. The quantitative estimate of drug-likeness (QED) is 0.796. The fourth-order valence-electron chi connectivity index (χ4n) is 2.75. The Morgan fingerprint density at radius 2 is 2.10 bits per heavy atom. The van der Waals surface area contributed by atoms with Crippen LogP contribution in [0.15, 0.2) is 18.2 Å². The lowest BCUT2D eigenvalue weighted by Crippen LogP contribution is -2.39. The second kappa shape index (κ2) is 7.65. The standard InChI is InChI=1S/C16H24Cl2N2/c1-3-19-15(10-11-20(2)12-6-4-7-12)13-8-5-9-14(17)16(13)18/h5,8-9,12,15,19H,3-4,6-7,10-11H2,1-2H3. The summed E-state index contributed by atoms with van der Waals surface area (Å²) < 4.78 is 0. The minimum absolute atomic E-state index is 0.272. The van der Waals surface area contributed by atoms with Crippen molar-refractivity contribution in [2.45, 2.75) is 44.7 Å². The van der Waals surface area contributed by atoms with Crippen LogP contribution in [0.4, 0.5) is 0 Å². The van der Waals surface area contributed by atoms with Crippen molar-refractivity contribution in [3.05, 3.63) is 33.8 Å². The van der Waals surface area contributed by atoms with E-state index >= 15 is 0 Å². The van der Waals surface area contributed by atoms with Crippen LogP contribution >= 0.6 is 23.2 Å². The van der Waals surface area contributed by atoms with E-state index < -0.39 is 0 Å². The molecule has 1 aliphatic rings. The van der Waals surface area contributed by atoms with Gasteiger partial charge in [-0.1, -0.05) is 48.7 Å². The van der Waals surface area contributed by atoms with Crippen LogP contribution in [0.1, 0.15) is 44.2 Å². The molecule has 2 rings (SSSR count). The van der Waals surface area contributed by atoms with Gasteiger partial charge in [0, 0.05) is 12.1 Å². The molecule has 1 aromatic rings. The first-order chi connectivity index (χ1) is 9.63. The molecule has 0 radical (unpaired) electrons. The van der Waals surface area contributed by atoms with Gasteiger partial charge in [-0.25, -0.2) is 0 Å². The normalized spacial score (nSPS) is 17.2. The largest absolute Gasteiger partial charge is 0.310 e. The summed E-state index contributed by atoms with van der Waals surface area (Å²) in [6.07, 6.45) is 5.13. The maximum atomic E-state index is 6.35. The van der Waals surface area contributed by atoms with Crippen LogP contribution in [0.25, 0.3) is 0 Å². The lowest BCUT2D eigenvalue weighted by Gasteiger charge is -2.35. The molecule has 1 saturated carbocycles. The van der Waals surface area contributed by atoms with Gasteiger partial charge in [0.25, 0.3) is 0 Å². The molecule has 0 heterocycles. The minimum atomic E-state index is 0.272. The van der Waals surface area contributed by atoms with Crippen molar-refractivity contribution >= 4 is 23.2 Å². The molecule has 1 N–H and O–H groups in total. The van der Waals surface area contributed by atoms with Gasteiger partial charge in [0.05, 0.1) is 10.0 Å². The van der Waals surface area contributed by atoms with Gasteiger partial charge in [-0.3, -0.25) is 0 Å². The van der Waals surface area contributed by atoms with E-state index in [0.29, 0.717) is 10.0 Å². The maximum Gasteiger partial charge on any atom is 0.0640 e. The first-order valence-corrected chi connectivity index (χ1v) is 8.26. The van der Waals surface area contributed by atoms with Crippen LogP contribution in [0.3, 0.4) is 0 Å². The van der Waals surface area contributed by atoms with Crippen molar-refractivity contribution in [1.82, 2.24) is 10.2 Å². The molecule has 0 spiro atoms. The van der Waals surface area contributed by atoms with E-state index in [-0.39, 0.29) is 6.04 Å². The molecule has 0 bridgehead atoms. The highest BCUT2D eigenvalue weighted by atomic mass is 35.5. The van der Waals surface area contributed by atoms with E-state index in [2.05, 4.69) is 30.3 Å². The predicted octanol–water partition coefficient (Wildman–Crippen LogP) is 4.52. The maximum absolute atomic E-state index is 6.35. The SMILES string of the molecule is CCNC(CCN(C)C1CCC1)c1cccc(Cl)c1Cl. The number of benzene rings is 1. The minimum Gasteiger partial charge on any atom is -0.310 e. The van der Waals surface area contributed by atoms with Crippen molar-refractivity contribution in [2.75, 3.05) is 20.1 Å². The fourth-order valence-corrected chi connectivity index (χ4v) is 3.19. The molecule has 112 valence electrons. The third-order valence-corrected chi connectivity index (χ3v) is 5.11. The number of rotatable bonds is 7. The molecule has 1 aliphatic carbocycles. The Morgan fingerprint density at radius 1 is 1.35 bits per heavy atom. The summed E-state index contributed by atoms with van der Waals surface area (Å²) in [4.78, 5) is 2.48. The first-order valence-electron chi connectivity index (χ1n) is 7.51.